The molecule has 7 nitrogen and oxygen atoms in total. The highest BCUT2D eigenvalue weighted by molar-refractivity contribution is 6.32. The standard InChI is InChI=1S/C23H22ClN3O4/c1-28-23-25-11-15(12-26-23)13-27-5-6-30-21-17(14-27)9-16(10-19(21)24)18-3-2-4-20-22(18)31-8-7-29-20/h2-4,9-12H,5-8,13-14H2,1H3. The summed E-state index contributed by atoms with van der Waals surface area (Å²) in [5, 5.41) is 0.594. The summed E-state index contributed by atoms with van der Waals surface area (Å²) in [5.74, 6) is 2.25. The number of para-hydroxylation sites is 1. The van der Waals surface area contributed by atoms with Crippen molar-refractivity contribution < 1.29 is 18.9 Å². The molecule has 0 saturated heterocycles. The average molecular weight is 440 g/mol. The number of nitrogens with zero attached hydrogens (tertiary/aromatic N) is 3. The molecule has 0 amide bonds. The highest BCUT2D eigenvalue weighted by atomic mass is 35.5. The first-order valence-corrected chi connectivity index (χ1v) is 10.5. The van der Waals surface area contributed by atoms with Crippen molar-refractivity contribution in [1.29, 1.82) is 0 Å². The van der Waals surface area contributed by atoms with Crippen molar-refractivity contribution in [3.8, 4) is 34.4 Å². The molecule has 3 heterocycles. The molecule has 3 aromatic rings. The summed E-state index contributed by atoms with van der Waals surface area (Å²) in [4.78, 5) is 10.7. The lowest BCUT2D eigenvalue weighted by atomic mass is 10.0. The van der Waals surface area contributed by atoms with E-state index in [0.717, 1.165) is 46.0 Å². The van der Waals surface area contributed by atoms with E-state index in [2.05, 4.69) is 20.9 Å². The molecule has 0 aliphatic carbocycles. The number of rotatable bonds is 4. The molecule has 0 saturated carbocycles. The zero-order valence-corrected chi connectivity index (χ0v) is 17.9. The quantitative estimate of drug-likeness (QED) is 0.609. The predicted octanol–water partition coefficient (Wildman–Crippen LogP) is 3.97. The first-order valence-electron chi connectivity index (χ1n) is 10.1. The number of hydrogen-bond donors (Lipinski definition) is 0. The van der Waals surface area contributed by atoms with Crippen LogP contribution in [0.1, 0.15) is 11.1 Å². The van der Waals surface area contributed by atoms with Crippen molar-refractivity contribution in [2.45, 2.75) is 13.1 Å². The van der Waals surface area contributed by atoms with Gasteiger partial charge in [-0.15, -0.1) is 0 Å². The molecule has 0 spiro atoms. The summed E-state index contributed by atoms with van der Waals surface area (Å²) >= 11 is 6.64. The molecule has 0 N–H and O–H groups in total. The highest BCUT2D eigenvalue weighted by Gasteiger charge is 2.22. The normalized spacial score (nSPS) is 15.5. The third-order valence-corrected chi connectivity index (χ3v) is 5.60. The predicted molar refractivity (Wildman–Crippen MR) is 116 cm³/mol. The van der Waals surface area contributed by atoms with Gasteiger partial charge in [-0.3, -0.25) is 4.90 Å². The molecule has 5 rings (SSSR count). The monoisotopic (exact) mass is 439 g/mol. The molecule has 0 radical (unpaired) electrons. The number of ether oxygens (including phenoxy) is 4. The van der Waals surface area contributed by atoms with Crippen LogP contribution in [0, 0.1) is 0 Å². The number of benzene rings is 2. The Labute approximate surface area is 185 Å². The van der Waals surface area contributed by atoms with Gasteiger partial charge in [-0.05, 0) is 23.8 Å². The van der Waals surface area contributed by atoms with Crippen LogP contribution in [0.25, 0.3) is 11.1 Å². The van der Waals surface area contributed by atoms with Crippen molar-refractivity contribution in [3.05, 3.63) is 58.9 Å². The van der Waals surface area contributed by atoms with Crippen LogP contribution in [0.15, 0.2) is 42.7 Å². The molecule has 8 heteroatoms. The van der Waals surface area contributed by atoms with E-state index in [1.165, 1.54) is 0 Å². The van der Waals surface area contributed by atoms with Crippen LogP contribution in [0.3, 0.4) is 0 Å². The molecule has 0 bridgehead atoms. The van der Waals surface area contributed by atoms with Gasteiger partial charge in [0.2, 0.25) is 0 Å². The highest BCUT2D eigenvalue weighted by Crippen LogP contribution is 2.43. The van der Waals surface area contributed by atoms with Crippen LogP contribution in [0.2, 0.25) is 5.02 Å². The first-order chi connectivity index (χ1) is 15.2. The van der Waals surface area contributed by atoms with Gasteiger partial charge in [0.15, 0.2) is 11.5 Å². The SMILES string of the molecule is COc1ncc(CN2CCOc3c(Cl)cc(-c4cccc5c4OCCO5)cc3C2)cn1. The summed E-state index contributed by atoms with van der Waals surface area (Å²) in [6, 6.07) is 10.3. The third kappa shape index (κ3) is 4.11. The topological polar surface area (TPSA) is 65.9 Å². The lowest BCUT2D eigenvalue weighted by molar-refractivity contribution is 0.172. The van der Waals surface area contributed by atoms with Crippen molar-refractivity contribution >= 4 is 11.6 Å². The molecule has 0 atom stereocenters. The lowest BCUT2D eigenvalue weighted by Gasteiger charge is -2.22. The van der Waals surface area contributed by atoms with E-state index in [-0.39, 0.29) is 0 Å². The fourth-order valence-electron chi connectivity index (χ4n) is 3.91. The van der Waals surface area contributed by atoms with Crippen molar-refractivity contribution in [3.63, 3.8) is 0 Å². The van der Waals surface area contributed by atoms with Gasteiger partial charge in [0, 0.05) is 48.7 Å². The molecule has 160 valence electrons. The fourth-order valence-corrected chi connectivity index (χ4v) is 4.20. The van der Waals surface area contributed by atoms with E-state index in [1.54, 1.807) is 19.5 Å². The van der Waals surface area contributed by atoms with E-state index >= 15 is 0 Å². The van der Waals surface area contributed by atoms with Crippen LogP contribution < -0.4 is 18.9 Å². The van der Waals surface area contributed by atoms with Gasteiger partial charge in [0.05, 0.1) is 12.1 Å². The average Bonchev–Trinajstić information content (AvgIpc) is 3.01. The summed E-state index contributed by atoms with van der Waals surface area (Å²) in [7, 11) is 1.56. The Hall–Kier alpha value is -3.03. The van der Waals surface area contributed by atoms with E-state index in [0.29, 0.717) is 43.9 Å². The summed E-state index contributed by atoms with van der Waals surface area (Å²) in [6.07, 6.45) is 3.57. The Morgan fingerprint density at radius 3 is 2.68 bits per heavy atom. The van der Waals surface area contributed by atoms with Gasteiger partial charge in [-0.2, -0.15) is 0 Å². The Morgan fingerprint density at radius 1 is 1.03 bits per heavy atom. The maximum atomic E-state index is 6.64. The number of hydrogen-bond acceptors (Lipinski definition) is 7. The maximum absolute atomic E-state index is 6.64. The van der Waals surface area contributed by atoms with Crippen LogP contribution in [-0.4, -0.2) is 48.3 Å². The molecule has 2 aliphatic heterocycles. The van der Waals surface area contributed by atoms with Crippen LogP contribution >= 0.6 is 11.6 Å². The van der Waals surface area contributed by atoms with E-state index in [1.807, 2.05) is 24.3 Å². The second-order valence-corrected chi connectivity index (χ2v) is 7.82. The molecule has 0 fully saturated rings. The Kier molecular flexibility index (Phi) is 5.53. The summed E-state index contributed by atoms with van der Waals surface area (Å²) in [5.41, 5.74) is 3.98. The molecule has 0 unspecified atom stereocenters. The zero-order valence-electron chi connectivity index (χ0n) is 17.1. The second kappa shape index (κ2) is 8.61. The minimum absolute atomic E-state index is 0.363. The molecular weight excluding hydrogens is 418 g/mol. The van der Waals surface area contributed by atoms with Crippen molar-refractivity contribution in [2.75, 3.05) is 33.5 Å². The summed E-state index contributed by atoms with van der Waals surface area (Å²) in [6.45, 7) is 3.81. The van der Waals surface area contributed by atoms with Crippen LogP contribution in [0.5, 0.6) is 23.3 Å². The zero-order chi connectivity index (χ0) is 21.2. The largest absolute Gasteiger partial charge is 0.490 e. The van der Waals surface area contributed by atoms with Gasteiger partial charge in [-0.25, -0.2) is 9.97 Å². The smallest absolute Gasteiger partial charge is 0.316 e. The van der Waals surface area contributed by atoms with Crippen molar-refractivity contribution in [2.24, 2.45) is 0 Å². The van der Waals surface area contributed by atoms with E-state index in [4.69, 9.17) is 30.5 Å². The Bertz CT molecular complexity index is 1090. The fraction of sp³-hybridized carbons (Fsp3) is 0.304. The maximum Gasteiger partial charge on any atom is 0.316 e. The van der Waals surface area contributed by atoms with Crippen molar-refractivity contribution in [1.82, 2.24) is 14.9 Å². The first kappa shape index (κ1) is 19.9. The third-order valence-electron chi connectivity index (χ3n) is 5.32. The number of aromatic nitrogens is 2. The van der Waals surface area contributed by atoms with E-state index < -0.39 is 0 Å². The van der Waals surface area contributed by atoms with Gasteiger partial charge < -0.3 is 18.9 Å². The number of methoxy groups -OCH3 is 1. The molecule has 31 heavy (non-hydrogen) atoms. The number of halogens is 1. The second-order valence-electron chi connectivity index (χ2n) is 7.41. The minimum atomic E-state index is 0.363. The Morgan fingerprint density at radius 2 is 1.84 bits per heavy atom. The number of fused-ring (bicyclic) bond motifs is 2. The summed E-state index contributed by atoms with van der Waals surface area (Å²) < 4.78 is 22.7. The van der Waals surface area contributed by atoms with Gasteiger partial charge in [-0.1, -0.05) is 23.7 Å². The minimum Gasteiger partial charge on any atom is -0.490 e. The van der Waals surface area contributed by atoms with E-state index in [9.17, 15) is 0 Å². The molecular formula is C23H22ClN3O4. The van der Waals surface area contributed by atoms with Gasteiger partial charge in [0.1, 0.15) is 25.6 Å². The molecule has 2 aromatic carbocycles. The lowest BCUT2D eigenvalue weighted by Crippen LogP contribution is -2.25. The van der Waals surface area contributed by atoms with Gasteiger partial charge >= 0.3 is 6.01 Å². The van der Waals surface area contributed by atoms with Gasteiger partial charge in [0.25, 0.3) is 0 Å². The van der Waals surface area contributed by atoms with Crippen LogP contribution in [0.4, 0.5) is 0 Å². The van der Waals surface area contributed by atoms with Crippen LogP contribution in [-0.2, 0) is 13.1 Å². The Balaban J connectivity index is 1.45. The molecule has 1 aromatic heterocycles. The molecule has 2 aliphatic rings.